The minimum Gasteiger partial charge on any atom is -0.462 e. The molecule has 0 aliphatic carbocycles. The van der Waals surface area contributed by atoms with Crippen LogP contribution in [0.1, 0.15) is 335 Å². The van der Waals surface area contributed by atoms with Crippen molar-refractivity contribution >= 4 is 17.9 Å². The lowest BCUT2D eigenvalue weighted by Crippen LogP contribution is -2.30. The van der Waals surface area contributed by atoms with Crippen LogP contribution in [0, 0.1) is 0 Å². The van der Waals surface area contributed by atoms with Crippen molar-refractivity contribution in [1.82, 2.24) is 0 Å². The molecule has 80 heavy (non-hydrogen) atoms. The molecule has 460 valence electrons. The zero-order chi connectivity index (χ0) is 57.8. The van der Waals surface area contributed by atoms with Crippen LogP contribution in [0.25, 0.3) is 0 Å². The van der Waals surface area contributed by atoms with Crippen LogP contribution in [-0.4, -0.2) is 37.2 Å². The molecule has 0 aliphatic rings. The molecular formula is C74H128O6. The first-order chi connectivity index (χ1) is 39.5. The van der Waals surface area contributed by atoms with Gasteiger partial charge in [-0.05, 0) is 103 Å². The van der Waals surface area contributed by atoms with Crippen molar-refractivity contribution in [3.63, 3.8) is 0 Å². The highest BCUT2D eigenvalue weighted by Gasteiger charge is 2.19. The Hall–Kier alpha value is -3.67. The summed E-state index contributed by atoms with van der Waals surface area (Å²) in [5, 5.41) is 0. The van der Waals surface area contributed by atoms with Crippen LogP contribution in [0.3, 0.4) is 0 Å². The van der Waals surface area contributed by atoms with Gasteiger partial charge in [-0.2, -0.15) is 0 Å². The fourth-order valence-electron chi connectivity index (χ4n) is 9.71. The van der Waals surface area contributed by atoms with E-state index in [1.807, 2.05) is 0 Å². The number of rotatable bonds is 62. The number of ether oxygens (including phenoxy) is 3. The smallest absolute Gasteiger partial charge is 0.306 e. The van der Waals surface area contributed by atoms with E-state index in [1.54, 1.807) is 0 Å². The summed E-state index contributed by atoms with van der Waals surface area (Å²) in [5.74, 6) is -0.879. The third-order valence-corrected chi connectivity index (χ3v) is 14.8. The fraction of sp³-hybridized carbons (Fsp3) is 0.743. The van der Waals surface area contributed by atoms with Gasteiger partial charge in [0.1, 0.15) is 13.2 Å². The van der Waals surface area contributed by atoms with Crippen molar-refractivity contribution in [2.45, 2.75) is 341 Å². The van der Waals surface area contributed by atoms with E-state index in [9.17, 15) is 14.4 Å². The van der Waals surface area contributed by atoms with Gasteiger partial charge in [0.25, 0.3) is 0 Å². The zero-order valence-electron chi connectivity index (χ0n) is 52.8. The lowest BCUT2D eigenvalue weighted by atomic mass is 10.0. The number of hydrogen-bond acceptors (Lipinski definition) is 6. The van der Waals surface area contributed by atoms with Crippen LogP contribution in [0.4, 0.5) is 0 Å². The normalized spacial score (nSPS) is 12.7. The zero-order valence-corrected chi connectivity index (χ0v) is 52.8. The lowest BCUT2D eigenvalue weighted by molar-refractivity contribution is -0.167. The summed E-state index contributed by atoms with van der Waals surface area (Å²) in [7, 11) is 0. The Kier molecular flexibility index (Phi) is 64.7. The van der Waals surface area contributed by atoms with Gasteiger partial charge < -0.3 is 14.2 Å². The molecule has 6 heteroatoms. The predicted octanol–water partition coefficient (Wildman–Crippen LogP) is 23.6. The standard InChI is InChI=1S/C74H128O6/c1-4-7-10-13-16-19-22-25-27-29-31-33-34-35-36-37-38-39-40-42-43-45-47-49-52-55-58-61-64-67-73(76)79-70-71(69-78-72(75)66-63-60-57-54-51-24-21-18-15-12-9-6-3)80-74(77)68-65-62-59-56-53-50-48-46-44-41-32-30-28-26-23-20-17-14-11-8-5-2/h7,10,16,19,23,25-27,30-33,35-36,44,46,71H,4-6,8-9,11-15,17-18,20-22,24,28-29,34,37-43,45,47-70H2,1-3H3/b10-7-,19-16-,26-23-,27-25-,32-30-,33-31-,36-35-,46-44-. The van der Waals surface area contributed by atoms with E-state index in [1.165, 1.54) is 180 Å². The molecule has 1 atom stereocenters. The predicted molar refractivity (Wildman–Crippen MR) is 348 cm³/mol. The molecule has 0 radical (unpaired) electrons. The summed E-state index contributed by atoms with van der Waals surface area (Å²) in [5.41, 5.74) is 0. The maximum absolute atomic E-state index is 12.9. The third kappa shape index (κ3) is 65.1. The average molecular weight is 1110 g/mol. The number of unbranched alkanes of at least 4 members (excludes halogenated alkanes) is 35. The molecule has 0 saturated carbocycles. The fourth-order valence-corrected chi connectivity index (χ4v) is 9.71. The van der Waals surface area contributed by atoms with Crippen LogP contribution in [0.5, 0.6) is 0 Å². The third-order valence-electron chi connectivity index (χ3n) is 14.8. The second-order valence-corrected chi connectivity index (χ2v) is 22.7. The topological polar surface area (TPSA) is 78.9 Å². The van der Waals surface area contributed by atoms with Crippen LogP contribution >= 0.6 is 0 Å². The molecule has 0 heterocycles. The summed E-state index contributed by atoms with van der Waals surface area (Å²) >= 11 is 0. The molecule has 0 spiro atoms. The molecule has 0 rings (SSSR count). The van der Waals surface area contributed by atoms with Crippen molar-refractivity contribution in [2.24, 2.45) is 0 Å². The highest BCUT2D eigenvalue weighted by atomic mass is 16.6. The Bertz CT molecular complexity index is 1560. The van der Waals surface area contributed by atoms with Crippen LogP contribution in [0.2, 0.25) is 0 Å². The van der Waals surface area contributed by atoms with Crippen LogP contribution < -0.4 is 0 Å². The van der Waals surface area contributed by atoms with E-state index in [-0.39, 0.29) is 31.1 Å². The van der Waals surface area contributed by atoms with E-state index in [2.05, 4.69) is 118 Å². The minimum atomic E-state index is -0.784. The Morgan fingerprint density at radius 3 is 0.762 bits per heavy atom. The number of carbonyl (C=O) groups is 3. The molecular weight excluding hydrogens is 985 g/mol. The molecule has 0 bridgehead atoms. The van der Waals surface area contributed by atoms with Crippen molar-refractivity contribution in [3.8, 4) is 0 Å². The van der Waals surface area contributed by atoms with Crippen LogP contribution in [-0.2, 0) is 28.6 Å². The number of allylic oxidation sites excluding steroid dienone is 16. The molecule has 0 aliphatic heterocycles. The quantitative estimate of drug-likeness (QED) is 0.0261. The van der Waals surface area contributed by atoms with Gasteiger partial charge in [-0.3, -0.25) is 14.4 Å². The molecule has 1 unspecified atom stereocenters. The lowest BCUT2D eigenvalue weighted by Gasteiger charge is -2.18. The first-order valence-electron chi connectivity index (χ1n) is 34.2. The Morgan fingerprint density at radius 2 is 0.487 bits per heavy atom. The van der Waals surface area contributed by atoms with Gasteiger partial charge in [-0.25, -0.2) is 0 Å². The second kappa shape index (κ2) is 67.8. The van der Waals surface area contributed by atoms with Gasteiger partial charge in [0, 0.05) is 19.3 Å². The molecule has 0 N–H and O–H groups in total. The van der Waals surface area contributed by atoms with Crippen LogP contribution in [0.15, 0.2) is 97.2 Å². The van der Waals surface area contributed by atoms with Gasteiger partial charge >= 0.3 is 17.9 Å². The van der Waals surface area contributed by atoms with E-state index in [0.29, 0.717) is 19.3 Å². The highest BCUT2D eigenvalue weighted by Crippen LogP contribution is 2.17. The molecule has 0 amide bonds. The van der Waals surface area contributed by atoms with Crippen molar-refractivity contribution in [3.05, 3.63) is 97.2 Å². The summed E-state index contributed by atoms with van der Waals surface area (Å²) in [6.45, 7) is 6.54. The summed E-state index contributed by atoms with van der Waals surface area (Å²) < 4.78 is 16.9. The van der Waals surface area contributed by atoms with Crippen molar-refractivity contribution in [1.29, 1.82) is 0 Å². The van der Waals surface area contributed by atoms with E-state index >= 15 is 0 Å². The monoisotopic (exact) mass is 1110 g/mol. The SMILES string of the molecule is CC/C=C\C/C=C\C/C=C\C/C=C\C/C=C\CCCCCCCCCCCCCCCC(=O)OCC(COC(=O)CCCCCCCCCCCCCC)OC(=O)CCCCCCCC/C=C\C/C=C\C/C=C\CCCCCCC. The first-order valence-corrected chi connectivity index (χ1v) is 34.2. The Balaban J connectivity index is 4.27. The average Bonchev–Trinajstić information content (AvgIpc) is 3.46. The molecule has 6 nitrogen and oxygen atoms in total. The maximum atomic E-state index is 12.9. The van der Waals surface area contributed by atoms with Gasteiger partial charge in [0.2, 0.25) is 0 Å². The maximum Gasteiger partial charge on any atom is 0.306 e. The number of hydrogen-bond donors (Lipinski definition) is 0. The van der Waals surface area contributed by atoms with Gasteiger partial charge in [0.15, 0.2) is 6.10 Å². The van der Waals surface area contributed by atoms with Crippen molar-refractivity contribution < 1.29 is 28.6 Å². The first kappa shape index (κ1) is 76.3. The number of carbonyl (C=O) groups excluding carboxylic acids is 3. The summed E-state index contributed by atoms with van der Waals surface area (Å²) in [6, 6.07) is 0. The summed E-state index contributed by atoms with van der Waals surface area (Å²) in [4.78, 5) is 38.4. The van der Waals surface area contributed by atoms with Gasteiger partial charge in [0.05, 0.1) is 0 Å². The van der Waals surface area contributed by atoms with Gasteiger partial charge in [-0.1, -0.05) is 311 Å². The number of esters is 3. The largest absolute Gasteiger partial charge is 0.462 e. The molecule has 0 saturated heterocycles. The molecule has 0 aromatic heterocycles. The molecule has 0 aromatic carbocycles. The molecule has 0 fully saturated rings. The minimum absolute atomic E-state index is 0.0794. The van der Waals surface area contributed by atoms with E-state index < -0.39 is 6.10 Å². The van der Waals surface area contributed by atoms with Gasteiger partial charge in [-0.15, -0.1) is 0 Å². The highest BCUT2D eigenvalue weighted by molar-refractivity contribution is 5.71. The van der Waals surface area contributed by atoms with E-state index in [4.69, 9.17) is 14.2 Å². The molecule has 0 aromatic rings. The summed E-state index contributed by atoms with van der Waals surface area (Å²) in [6.07, 6.45) is 91.4. The second-order valence-electron chi connectivity index (χ2n) is 22.7. The Morgan fingerprint density at radius 1 is 0.263 bits per heavy atom. The van der Waals surface area contributed by atoms with E-state index in [0.717, 1.165) is 116 Å². The van der Waals surface area contributed by atoms with Crippen molar-refractivity contribution in [2.75, 3.05) is 13.2 Å². The Labute approximate surface area is 496 Å².